The van der Waals surface area contributed by atoms with Gasteiger partial charge in [-0.05, 0) is 25.8 Å². The first-order chi connectivity index (χ1) is 6.67. The minimum Gasteiger partial charge on any atom is -0.469 e. The molecule has 0 atom stereocenters. The highest BCUT2D eigenvalue weighted by molar-refractivity contribution is 6.19. The minimum absolute atomic E-state index is 0.0885. The van der Waals surface area contributed by atoms with Crippen molar-refractivity contribution in [2.24, 2.45) is 0 Å². The van der Waals surface area contributed by atoms with Crippen molar-refractivity contribution in [1.29, 1.82) is 0 Å². The molecule has 0 aromatic carbocycles. The first kappa shape index (κ1) is 9.59. The van der Waals surface area contributed by atoms with Gasteiger partial charge >= 0.3 is 0 Å². The molecule has 0 radical (unpaired) electrons. The summed E-state index contributed by atoms with van der Waals surface area (Å²) in [5, 5.41) is 2.93. The lowest BCUT2D eigenvalue weighted by Gasteiger charge is -2.13. The van der Waals surface area contributed by atoms with Gasteiger partial charge in [0.15, 0.2) is 0 Å². The van der Waals surface area contributed by atoms with Gasteiger partial charge in [0.1, 0.15) is 5.76 Å². The Morgan fingerprint density at radius 3 is 2.86 bits per heavy atom. The van der Waals surface area contributed by atoms with Crippen LogP contribution in [-0.2, 0) is 0 Å². The van der Waals surface area contributed by atoms with Gasteiger partial charge in [-0.3, -0.25) is 4.79 Å². The Hall–Kier alpha value is -0.960. The molecule has 0 bridgehead atoms. The highest BCUT2D eigenvalue weighted by Crippen LogP contribution is 2.36. The number of hydrogen-bond acceptors (Lipinski definition) is 2. The standard InChI is InChI=1S/C10H12ClNO2/c1-7-8(2-5-14-7)9(13)12-10(6-11)3-4-10/h2,5H,3-4,6H2,1H3,(H,12,13). The molecule has 4 heteroatoms. The van der Waals surface area contributed by atoms with Gasteiger partial charge < -0.3 is 9.73 Å². The van der Waals surface area contributed by atoms with Gasteiger partial charge in [0.25, 0.3) is 5.91 Å². The molecular weight excluding hydrogens is 202 g/mol. The van der Waals surface area contributed by atoms with Crippen molar-refractivity contribution in [3.63, 3.8) is 0 Å². The summed E-state index contributed by atoms with van der Waals surface area (Å²) in [4.78, 5) is 11.7. The summed E-state index contributed by atoms with van der Waals surface area (Å²) in [5.41, 5.74) is 0.448. The number of alkyl halides is 1. The molecular formula is C10H12ClNO2. The van der Waals surface area contributed by atoms with E-state index in [2.05, 4.69) is 5.32 Å². The third-order valence-electron chi connectivity index (χ3n) is 2.59. The fourth-order valence-corrected chi connectivity index (χ4v) is 1.71. The number of carbonyl (C=O) groups is 1. The van der Waals surface area contributed by atoms with Gasteiger partial charge in [0.05, 0.1) is 17.4 Å². The Kier molecular flexibility index (Phi) is 2.27. The van der Waals surface area contributed by atoms with Crippen LogP contribution in [-0.4, -0.2) is 17.3 Å². The van der Waals surface area contributed by atoms with Gasteiger partial charge in [-0.2, -0.15) is 0 Å². The van der Waals surface area contributed by atoms with Gasteiger partial charge in [-0.1, -0.05) is 0 Å². The molecule has 1 fully saturated rings. The number of halogens is 1. The second kappa shape index (κ2) is 3.31. The molecule has 1 aromatic rings. The van der Waals surface area contributed by atoms with Crippen LogP contribution in [0.5, 0.6) is 0 Å². The van der Waals surface area contributed by atoms with Crippen molar-refractivity contribution < 1.29 is 9.21 Å². The molecule has 0 aliphatic heterocycles. The molecule has 1 saturated carbocycles. The fraction of sp³-hybridized carbons (Fsp3) is 0.500. The van der Waals surface area contributed by atoms with Crippen LogP contribution >= 0.6 is 11.6 Å². The quantitative estimate of drug-likeness (QED) is 0.782. The first-order valence-corrected chi connectivity index (χ1v) is 5.13. The molecule has 76 valence electrons. The zero-order valence-electron chi connectivity index (χ0n) is 7.97. The third-order valence-corrected chi connectivity index (χ3v) is 3.10. The molecule has 1 aliphatic carbocycles. The topological polar surface area (TPSA) is 42.2 Å². The van der Waals surface area contributed by atoms with Crippen LogP contribution in [0.3, 0.4) is 0 Å². The Morgan fingerprint density at radius 1 is 1.71 bits per heavy atom. The third kappa shape index (κ3) is 1.64. The number of nitrogens with one attached hydrogen (secondary N) is 1. The largest absolute Gasteiger partial charge is 0.469 e. The van der Waals surface area contributed by atoms with Crippen molar-refractivity contribution >= 4 is 17.5 Å². The van der Waals surface area contributed by atoms with E-state index in [0.717, 1.165) is 12.8 Å². The van der Waals surface area contributed by atoms with E-state index in [-0.39, 0.29) is 11.4 Å². The molecule has 0 saturated heterocycles. The number of carbonyl (C=O) groups excluding carboxylic acids is 1. The lowest BCUT2D eigenvalue weighted by atomic mass is 10.2. The van der Waals surface area contributed by atoms with Crippen molar-refractivity contribution in [2.75, 3.05) is 5.88 Å². The van der Waals surface area contributed by atoms with Crippen molar-refractivity contribution in [3.05, 3.63) is 23.7 Å². The van der Waals surface area contributed by atoms with Crippen LogP contribution in [0, 0.1) is 6.92 Å². The van der Waals surface area contributed by atoms with E-state index in [1.54, 1.807) is 13.0 Å². The van der Waals surface area contributed by atoms with Crippen molar-refractivity contribution in [2.45, 2.75) is 25.3 Å². The molecule has 14 heavy (non-hydrogen) atoms. The molecule has 1 amide bonds. The first-order valence-electron chi connectivity index (χ1n) is 4.59. The second-order valence-electron chi connectivity index (χ2n) is 3.76. The number of furan rings is 1. The average Bonchev–Trinajstić information content (AvgIpc) is 2.80. The summed E-state index contributed by atoms with van der Waals surface area (Å²) in [6.45, 7) is 1.77. The highest BCUT2D eigenvalue weighted by Gasteiger charge is 2.43. The van der Waals surface area contributed by atoms with E-state index in [1.165, 1.54) is 6.26 Å². The lowest BCUT2D eigenvalue weighted by molar-refractivity contribution is 0.0934. The summed E-state index contributed by atoms with van der Waals surface area (Å²) >= 11 is 5.76. The van der Waals surface area contributed by atoms with E-state index in [1.807, 2.05) is 0 Å². The van der Waals surface area contributed by atoms with Gasteiger partial charge in [-0.25, -0.2) is 0 Å². The van der Waals surface area contributed by atoms with Crippen molar-refractivity contribution in [1.82, 2.24) is 5.32 Å². The zero-order chi connectivity index (χ0) is 10.2. The van der Waals surface area contributed by atoms with E-state index < -0.39 is 0 Å². The zero-order valence-corrected chi connectivity index (χ0v) is 8.73. The summed E-state index contributed by atoms with van der Waals surface area (Å²) < 4.78 is 5.06. The predicted molar refractivity (Wildman–Crippen MR) is 53.6 cm³/mol. The molecule has 1 N–H and O–H groups in total. The molecule has 1 heterocycles. The van der Waals surface area contributed by atoms with Crippen LogP contribution in [0.4, 0.5) is 0 Å². The molecule has 1 aliphatic rings. The second-order valence-corrected chi connectivity index (χ2v) is 4.03. The van der Waals surface area contributed by atoms with Crippen LogP contribution in [0.1, 0.15) is 29.0 Å². The van der Waals surface area contributed by atoms with E-state index in [4.69, 9.17) is 16.0 Å². The molecule has 0 spiro atoms. The van der Waals surface area contributed by atoms with Crippen molar-refractivity contribution in [3.8, 4) is 0 Å². The number of rotatable bonds is 3. The van der Waals surface area contributed by atoms with Crippen LogP contribution < -0.4 is 5.32 Å². The van der Waals surface area contributed by atoms with Crippen LogP contribution in [0.2, 0.25) is 0 Å². The smallest absolute Gasteiger partial charge is 0.255 e. The monoisotopic (exact) mass is 213 g/mol. The highest BCUT2D eigenvalue weighted by atomic mass is 35.5. The average molecular weight is 214 g/mol. The van der Waals surface area contributed by atoms with Gasteiger partial charge in [0, 0.05) is 5.88 Å². The normalized spacial score (nSPS) is 17.9. The number of aryl methyl sites for hydroxylation is 1. The minimum atomic E-state index is -0.150. The Balaban J connectivity index is 2.07. The van der Waals surface area contributed by atoms with E-state index in [0.29, 0.717) is 17.2 Å². The van der Waals surface area contributed by atoms with Gasteiger partial charge in [0.2, 0.25) is 0 Å². The maximum absolute atomic E-state index is 11.7. The van der Waals surface area contributed by atoms with E-state index in [9.17, 15) is 4.79 Å². The Morgan fingerprint density at radius 2 is 2.43 bits per heavy atom. The molecule has 3 nitrogen and oxygen atoms in total. The number of amides is 1. The Labute approximate surface area is 87.4 Å². The van der Waals surface area contributed by atoms with Gasteiger partial charge in [-0.15, -0.1) is 11.6 Å². The Bertz CT molecular complexity index is 355. The molecule has 2 rings (SSSR count). The van der Waals surface area contributed by atoms with Crippen LogP contribution in [0.15, 0.2) is 16.7 Å². The maximum atomic E-state index is 11.7. The summed E-state index contributed by atoms with van der Waals surface area (Å²) in [6, 6.07) is 1.68. The maximum Gasteiger partial charge on any atom is 0.255 e. The molecule has 1 aromatic heterocycles. The number of hydrogen-bond donors (Lipinski definition) is 1. The summed E-state index contributed by atoms with van der Waals surface area (Å²) in [7, 11) is 0. The SMILES string of the molecule is Cc1occc1C(=O)NC1(CCl)CC1. The van der Waals surface area contributed by atoms with Crippen LogP contribution in [0.25, 0.3) is 0 Å². The fourth-order valence-electron chi connectivity index (χ4n) is 1.37. The summed E-state index contributed by atoms with van der Waals surface area (Å²) in [5.74, 6) is 1.04. The predicted octanol–water partition coefficient (Wildman–Crippen LogP) is 2.09. The lowest BCUT2D eigenvalue weighted by Crippen LogP contribution is -2.38. The van der Waals surface area contributed by atoms with E-state index >= 15 is 0 Å². The molecule has 0 unspecified atom stereocenters. The summed E-state index contributed by atoms with van der Waals surface area (Å²) in [6.07, 6.45) is 3.46.